The van der Waals surface area contributed by atoms with Crippen molar-refractivity contribution in [3.05, 3.63) is 65.2 Å². The number of alkyl halides is 2. The van der Waals surface area contributed by atoms with Gasteiger partial charge in [-0.25, -0.2) is 31.9 Å². The van der Waals surface area contributed by atoms with Crippen molar-refractivity contribution in [2.24, 2.45) is 0 Å². The Bertz CT molecular complexity index is 1480. The van der Waals surface area contributed by atoms with Crippen LogP contribution in [0.4, 0.5) is 39.3 Å². The molecule has 3 aromatic rings. The zero-order valence-electron chi connectivity index (χ0n) is 24.3. The lowest BCUT2D eigenvalue weighted by molar-refractivity contribution is -0.00572. The Kier molecular flexibility index (Phi) is 8.84. The number of hydrogen-bond acceptors (Lipinski definition) is 7. The van der Waals surface area contributed by atoms with E-state index in [0.717, 1.165) is 18.2 Å². The number of morpholine rings is 1. The lowest BCUT2D eigenvalue weighted by Gasteiger charge is -2.39. The first-order chi connectivity index (χ1) is 20.4. The first kappa shape index (κ1) is 30.6. The molecule has 2 aromatic carbocycles. The molecule has 0 aliphatic carbocycles. The van der Waals surface area contributed by atoms with Gasteiger partial charge in [-0.2, -0.15) is 0 Å². The van der Waals surface area contributed by atoms with Crippen LogP contribution in [0.2, 0.25) is 0 Å². The van der Waals surface area contributed by atoms with Crippen molar-refractivity contribution in [1.82, 2.24) is 14.9 Å². The number of likely N-dealkylation sites (N-methyl/N-ethyl adjacent to an activating group) is 1. The summed E-state index contributed by atoms with van der Waals surface area (Å²) < 4.78 is 78.9. The Morgan fingerprint density at radius 1 is 0.977 bits per heavy atom. The van der Waals surface area contributed by atoms with Gasteiger partial charge in [-0.1, -0.05) is 0 Å². The van der Waals surface area contributed by atoms with Crippen LogP contribution in [0.3, 0.4) is 0 Å². The molecule has 43 heavy (non-hydrogen) atoms. The van der Waals surface area contributed by atoms with Crippen LogP contribution in [0.1, 0.15) is 43.1 Å². The highest BCUT2D eigenvalue weighted by Gasteiger charge is 2.30. The second kappa shape index (κ2) is 12.4. The number of nitrogens with one attached hydrogen (secondary N) is 1. The molecule has 2 fully saturated rings. The maximum Gasteiger partial charge on any atom is 0.264 e. The Labute approximate surface area is 246 Å². The van der Waals surface area contributed by atoms with Crippen molar-refractivity contribution < 1.29 is 31.5 Å². The number of halogens is 5. The van der Waals surface area contributed by atoms with Crippen molar-refractivity contribution in [2.45, 2.75) is 45.4 Å². The number of carbonyl (C=O) groups is 1. The van der Waals surface area contributed by atoms with Gasteiger partial charge in [0.25, 0.3) is 12.3 Å². The fourth-order valence-electron chi connectivity index (χ4n) is 5.56. The fourth-order valence-corrected chi connectivity index (χ4v) is 5.56. The van der Waals surface area contributed by atoms with Gasteiger partial charge in [0.2, 0.25) is 5.95 Å². The minimum atomic E-state index is -3.16. The number of carbonyl (C=O) groups excluding carboxylic acids is 1. The molecule has 13 heteroatoms. The molecule has 1 aromatic heterocycles. The molecule has 1 unspecified atom stereocenters. The van der Waals surface area contributed by atoms with Crippen LogP contribution < -0.4 is 15.1 Å². The fraction of sp³-hybridized carbons (Fsp3) is 0.433. The average Bonchev–Trinajstić information content (AvgIpc) is 2.95. The molecule has 0 radical (unpaired) electrons. The third-order valence-electron chi connectivity index (χ3n) is 7.86. The summed E-state index contributed by atoms with van der Waals surface area (Å²) in [4.78, 5) is 27.7. The van der Waals surface area contributed by atoms with Gasteiger partial charge < -0.3 is 24.8 Å². The van der Waals surface area contributed by atoms with E-state index in [0.29, 0.717) is 44.7 Å². The number of aromatic nitrogens is 2. The molecule has 0 saturated carbocycles. The van der Waals surface area contributed by atoms with Crippen LogP contribution >= 0.6 is 0 Å². The maximum atomic E-state index is 16.4. The van der Waals surface area contributed by atoms with Crippen molar-refractivity contribution in [3.63, 3.8) is 0 Å². The number of anilines is 3. The summed E-state index contributed by atoms with van der Waals surface area (Å²) in [5.41, 5.74) is -2.16. The molecule has 3 heterocycles. The van der Waals surface area contributed by atoms with Gasteiger partial charge in [-0.3, -0.25) is 4.79 Å². The predicted octanol–water partition coefficient (Wildman–Crippen LogP) is 5.50. The summed E-state index contributed by atoms with van der Waals surface area (Å²) in [5, 5.41) is 2.39. The highest BCUT2D eigenvalue weighted by Crippen LogP contribution is 2.39. The molecular formula is C30H33F5N6O2. The number of amides is 1. The minimum absolute atomic E-state index is 0.0250. The van der Waals surface area contributed by atoms with E-state index < -0.39 is 46.5 Å². The summed E-state index contributed by atoms with van der Waals surface area (Å²) in [6, 6.07) is 3.47. The summed E-state index contributed by atoms with van der Waals surface area (Å²) in [6.45, 7) is 8.27. The largest absolute Gasteiger partial charge is 0.372 e. The quantitative estimate of drug-likeness (QED) is 0.373. The molecule has 230 valence electrons. The van der Waals surface area contributed by atoms with Gasteiger partial charge in [-0.05, 0) is 46.0 Å². The molecule has 1 amide bonds. The molecule has 0 spiro atoms. The van der Waals surface area contributed by atoms with Gasteiger partial charge in [0.1, 0.15) is 17.3 Å². The molecular weight excluding hydrogens is 571 g/mol. The van der Waals surface area contributed by atoms with E-state index in [1.165, 1.54) is 12.4 Å². The Balaban J connectivity index is 1.55. The van der Waals surface area contributed by atoms with E-state index in [-0.39, 0.29) is 35.2 Å². The van der Waals surface area contributed by atoms with Crippen LogP contribution in [0.5, 0.6) is 0 Å². The number of rotatable bonds is 6. The van der Waals surface area contributed by atoms with Crippen molar-refractivity contribution in [3.8, 4) is 11.1 Å². The smallest absolute Gasteiger partial charge is 0.264 e. The zero-order chi connectivity index (χ0) is 31.0. The minimum Gasteiger partial charge on any atom is -0.372 e. The third-order valence-corrected chi connectivity index (χ3v) is 7.86. The van der Waals surface area contributed by atoms with Gasteiger partial charge in [-0.15, -0.1) is 0 Å². The van der Waals surface area contributed by atoms with Crippen molar-refractivity contribution in [2.75, 3.05) is 54.9 Å². The van der Waals surface area contributed by atoms with Crippen LogP contribution in [0.15, 0.2) is 36.7 Å². The number of piperazine rings is 1. The number of ether oxygens (including phenoxy) is 1. The lowest BCUT2D eigenvalue weighted by Crippen LogP contribution is -2.50. The highest BCUT2D eigenvalue weighted by molar-refractivity contribution is 6.07. The average molecular weight is 605 g/mol. The topological polar surface area (TPSA) is 73.8 Å². The monoisotopic (exact) mass is 604 g/mol. The number of benzene rings is 2. The Morgan fingerprint density at radius 3 is 2.28 bits per heavy atom. The molecule has 0 bridgehead atoms. The van der Waals surface area contributed by atoms with E-state index in [1.54, 1.807) is 4.90 Å². The Morgan fingerprint density at radius 2 is 1.65 bits per heavy atom. The third kappa shape index (κ3) is 6.42. The summed E-state index contributed by atoms with van der Waals surface area (Å²) in [5.74, 6) is -3.67. The van der Waals surface area contributed by atoms with Gasteiger partial charge in [0.15, 0.2) is 5.82 Å². The van der Waals surface area contributed by atoms with Gasteiger partial charge in [0, 0.05) is 73.9 Å². The van der Waals surface area contributed by atoms with Crippen LogP contribution in [-0.2, 0) is 4.74 Å². The van der Waals surface area contributed by atoms with E-state index >= 15 is 8.78 Å². The second-order valence-corrected chi connectivity index (χ2v) is 11.1. The molecule has 3 atom stereocenters. The van der Waals surface area contributed by atoms with Crippen molar-refractivity contribution >= 4 is 23.2 Å². The van der Waals surface area contributed by atoms with E-state index in [4.69, 9.17) is 4.74 Å². The molecule has 2 saturated heterocycles. The summed E-state index contributed by atoms with van der Waals surface area (Å²) in [7, 11) is 1.93. The molecule has 2 aliphatic heterocycles. The van der Waals surface area contributed by atoms with E-state index in [2.05, 4.69) is 20.2 Å². The van der Waals surface area contributed by atoms with E-state index in [1.807, 2.05) is 32.7 Å². The lowest BCUT2D eigenvalue weighted by atomic mass is 10.0. The van der Waals surface area contributed by atoms with Gasteiger partial charge >= 0.3 is 0 Å². The second-order valence-electron chi connectivity index (χ2n) is 11.1. The van der Waals surface area contributed by atoms with E-state index in [9.17, 15) is 18.0 Å². The Hall–Kier alpha value is -3.84. The summed E-state index contributed by atoms with van der Waals surface area (Å²) in [6.07, 6.45) is -0.662. The standard InChI is InChI=1S/C30H33F5N6O2/c1-16-13-40(8-7-39(16)4)24-10-23(32)25(19-11-36-30(37-12-19)41-14-17(2)43-18(3)15-41)26(33)27(24)38-29(42)21-6-5-20(31)9-22(21)28(34)35/h5-6,9-12,16-18,28H,7-8,13-15H2,1-4H3,(H,38,42)/t16?,17-,18-/m0/s1. The van der Waals surface area contributed by atoms with Crippen LogP contribution in [0.25, 0.3) is 11.1 Å². The molecule has 1 N–H and O–H groups in total. The SMILES string of the molecule is CC1CN(c2cc(F)c(-c3cnc(N4C[C@H](C)O[C@@H](C)C4)nc3)c(F)c2NC(=O)c2ccc(F)cc2C(F)F)CCN1C. The normalized spacial score (nSPS) is 21.4. The van der Waals surface area contributed by atoms with Crippen LogP contribution in [0, 0.1) is 17.5 Å². The first-order valence-corrected chi connectivity index (χ1v) is 14.0. The molecule has 2 aliphatic rings. The zero-order valence-corrected chi connectivity index (χ0v) is 24.3. The van der Waals surface area contributed by atoms with Gasteiger partial charge in [0.05, 0.1) is 23.5 Å². The molecule has 5 rings (SSSR count). The molecule has 8 nitrogen and oxygen atoms in total. The maximum absolute atomic E-state index is 16.4. The predicted molar refractivity (Wildman–Crippen MR) is 153 cm³/mol. The van der Waals surface area contributed by atoms with Crippen LogP contribution in [-0.4, -0.2) is 78.8 Å². The van der Waals surface area contributed by atoms with Crippen molar-refractivity contribution in [1.29, 1.82) is 0 Å². The number of nitrogens with zero attached hydrogens (tertiary/aromatic N) is 5. The highest BCUT2D eigenvalue weighted by atomic mass is 19.3. The number of hydrogen-bond donors (Lipinski definition) is 1. The first-order valence-electron chi connectivity index (χ1n) is 14.0. The summed E-state index contributed by atoms with van der Waals surface area (Å²) >= 11 is 0.